The van der Waals surface area contributed by atoms with Crippen LogP contribution in [0, 0.1) is 0 Å². The molecule has 0 aliphatic rings. The van der Waals surface area contributed by atoms with E-state index in [-0.39, 0.29) is 13.2 Å². The first-order chi connectivity index (χ1) is 15.2. The molecule has 0 bridgehead atoms. The summed E-state index contributed by atoms with van der Waals surface area (Å²) in [4.78, 5) is 13.4. The van der Waals surface area contributed by atoms with Crippen LogP contribution in [-0.4, -0.2) is 54.0 Å². The van der Waals surface area contributed by atoms with Crippen molar-refractivity contribution in [3.8, 4) is 11.3 Å². The van der Waals surface area contributed by atoms with E-state index in [9.17, 15) is 10.2 Å². The summed E-state index contributed by atoms with van der Waals surface area (Å²) in [6.07, 6.45) is 4.33. The van der Waals surface area contributed by atoms with Gasteiger partial charge in [0.25, 0.3) is 0 Å². The zero-order chi connectivity index (χ0) is 21.6. The van der Waals surface area contributed by atoms with E-state index < -0.39 is 6.04 Å². The van der Waals surface area contributed by atoms with Gasteiger partial charge in [-0.05, 0) is 24.1 Å². The Morgan fingerprint density at radius 1 is 1.03 bits per heavy atom. The molecule has 3 aromatic heterocycles. The summed E-state index contributed by atoms with van der Waals surface area (Å²) >= 11 is 0. The van der Waals surface area contributed by atoms with E-state index in [1.54, 1.807) is 16.9 Å². The molecule has 160 valence electrons. The Labute approximate surface area is 179 Å². The maximum Gasteiger partial charge on any atom is 0.229 e. The van der Waals surface area contributed by atoms with Gasteiger partial charge in [-0.2, -0.15) is 19.6 Å². The van der Waals surface area contributed by atoms with Crippen molar-refractivity contribution in [3.05, 3.63) is 66.0 Å². The van der Waals surface area contributed by atoms with Crippen LogP contribution in [0.4, 0.5) is 11.9 Å². The van der Waals surface area contributed by atoms with Gasteiger partial charge in [-0.15, -0.1) is 0 Å². The number of aliphatic hydroxyl groups excluding tert-OH is 2. The zero-order valence-corrected chi connectivity index (χ0v) is 17.2. The van der Waals surface area contributed by atoms with Crippen molar-refractivity contribution >= 4 is 17.5 Å². The molecule has 9 nitrogen and oxygen atoms in total. The molecule has 4 aromatic rings. The summed E-state index contributed by atoms with van der Waals surface area (Å²) in [5.41, 5.74) is 4.73. The fraction of sp³-hybridized carbons (Fsp3) is 0.273. The van der Waals surface area contributed by atoms with Crippen molar-refractivity contribution in [1.29, 1.82) is 0 Å². The van der Waals surface area contributed by atoms with Crippen molar-refractivity contribution in [1.82, 2.24) is 24.6 Å². The molecule has 0 aliphatic heterocycles. The van der Waals surface area contributed by atoms with Gasteiger partial charge in [0.15, 0.2) is 5.65 Å². The number of pyridine rings is 1. The molecule has 0 radical (unpaired) electrons. The van der Waals surface area contributed by atoms with E-state index in [0.29, 0.717) is 24.1 Å². The lowest BCUT2D eigenvalue weighted by atomic mass is 10.1. The van der Waals surface area contributed by atoms with Crippen molar-refractivity contribution in [2.75, 3.05) is 23.8 Å². The van der Waals surface area contributed by atoms with Gasteiger partial charge in [0, 0.05) is 23.9 Å². The minimum atomic E-state index is -0.539. The number of hydrogen-bond acceptors (Lipinski definition) is 8. The highest BCUT2D eigenvalue weighted by atomic mass is 16.3. The first-order valence-electron chi connectivity index (χ1n) is 10.2. The molecule has 4 N–H and O–H groups in total. The SMILES string of the molecule is CCc1cnn2c(NCc3ccc(-c4ccccn4)cc3)nc(NC(CO)CO)nc12. The van der Waals surface area contributed by atoms with Gasteiger partial charge in [-0.3, -0.25) is 4.98 Å². The highest BCUT2D eigenvalue weighted by molar-refractivity contribution is 5.59. The van der Waals surface area contributed by atoms with E-state index in [4.69, 9.17) is 0 Å². The molecular formula is C22H25N7O2. The highest BCUT2D eigenvalue weighted by Crippen LogP contribution is 2.19. The summed E-state index contributed by atoms with van der Waals surface area (Å²) in [5.74, 6) is 0.847. The molecule has 0 saturated heterocycles. The first-order valence-corrected chi connectivity index (χ1v) is 10.2. The van der Waals surface area contributed by atoms with Crippen molar-refractivity contribution in [2.24, 2.45) is 0 Å². The molecule has 0 saturated carbocycles. The number of nitrogens with zero attached hydrogens (tertiary/aromatic N) is 5. The van der Waals surface area contributed by atoms with Crippen LogP contribution >= 0.6 is 0 Å². The van der Waals surface area contributed by atoms with Gasteiger partial charge in [0.05, 0.1) is 31.1 Å². The lowest BCUT2D eigenvalue weighted by Gasteiger charge is -2.15. The fourth-order valence-electron chi connectivity index (χ4n) is 3.19. The molecule has 0 unspecified atom stereocenters. The highest BCUT2D eigenvalue weighted by Gasteiger charge is 2.14. The van der Waals surface area contributed by atoms with Crippen LogP contribution in [0.25, 0.3) is 16.9 Å². The van der Waals surface area contributed by atoms with Gasteiger partial charge in [-0.1, -0.05) is 37.3 Å². The average molecular weight is 419 g/mol. The van der Waals surface area contributed by atoms with Crippen LogP contribution in [0.15, 0.2) is 54.9 Å². The Kier molecular flexibility index (Phi) is 6.34. The molecule has 0 fully saturated rings. The minimum Gasteiger partial charge on any atom is -0.394 e. The molecule has 3 heterocycles. The van der Waals surface area contributed by atoms with E-state index >= 15 is 0 Å². The maximum absolute atomic E-state index is 9.37. The normalized spacial score (nSPS) is 11.2. The standard InChI is InChI=1S/C22H25N7O2/c1-2-16-12-25-29-20(16)27-21(26-18(13-30)14-31)28-22(29)24-11-15-6-8-17(9-7-15)19-5-3-4-10-23-19/h3-10,12,18,30-31H,2,11,13-14H2,1H3,(H2,24,26,27,28). The number of aryl methyl sites for hydroxylation is 1. The Hall–Kier alpha value is -3.56. The molecule has 0 amide bonds. The number of benzene rings is 1. The first kappa shape index (κ1) is 20.7. The van der Waals surface area contributed by atoms with Crippen LogP contribution in [0.2, 0.25) is 0 Å². The van der Waals surface area contributed by atoms with Gasteiger partial charge in [0.2, 0.25) is 11.9 Å². The molecule has 0 aliphatic carbocycles. The van der Waals surface area contributed by atoms with E-state index in [1.165, 1.54) is 0 Å². The summed E-state index contributed by atoms with van der Waals surface area (Å²) < 4.78 is 1.67. The van der Waals surface area contributed by atoms with E-state index in [1.807, 2.05) is 49.4 Å². The zero-order valence-electron chi connectivity index (χ0n) is 17.2. The van der Waals surface area contributed by atoms with Crippen LogP contribution in [-0.2, 0) is 13.0 Å². The Morgan fingerprint density at radius 2 is 1.84 bits per heavy atom. The van der Waals surface area contributed by atoms with Crippen LogP contribution in [0.3, 0.4) is 0 Å². The third-order valence-electron chi connectivity index (χ3n) is 4.96. The van der Waals surface area contributed by atoms with Gasteiger partial charge in [-0.25, -0.2) is 0 Å². The second kappa shape index (κ2) is 9.50. The number of fused-ring (bicyclic) bond motifs is 1. The average Bonchev–Trinajstić information content (AvgIpc) is 3.25. The number of aliphatic hydroxyl groups is 2. The number of nitrogens with one attached hydrogen (secondary N) is 2. The molecule has 1 aromatic carbocycles. The van der Waals surface area contributed by atoms with Crippen LogP contribution in [0.5, 0.6) is 0 Å². The second-order valence-corrected chi connectivity index (χ2v) is 7.10. The van der Waals surface area contributed by atoms with Crippen molar-refractivity contribution in [3.63, 3.8) is 0 Å². The smallest absolute Gasteiger partial charge is 0.229 e. The summed E-state index contributed by atoms with van der Waals surface area (Å²) in [7, 11) is 0. The number of rotatable bonds is 9. The summed E-state index contributed by atoms with van der Waals surface area (Å²) in [6.45, 7) is 2.12. The quantitative estimate of drug-likeness (QED) is 0.326. The summed E-state index contributed by atoms with van der Waals surface area (Å²) in [6, 6.07) is 13.5. The Morgan fingerprint density at radius 3 is 2.52 bits per heavy atom. The predicted octanol–water partition coefficient (Wildman–Crippen LogP) is 2.13. The molecule has 4 rings (SSSR count). The van der Waals surface area contributed by atoms with Crippen LogP contribution in [0.1, 0.15) is 18.1 Å². The third kappa shape index (κ3) is 4.62. The van der Waals surface area contributed by atoms with Gasteiger partial charge >= 0.3 is 0 Å². The molecular weight excluding hydrogens is 394 g/mol. The van der Waals surface area contributed by atoms with E-state index in [0.717, 1.165) is 28.8 Å². The molecule has 0 atom stereocenters. The van der Waals surface area contributed by atoms with Gasteiger partial charge in [0.1, 0.15) is 0 Å². The number of aromatic nitrogens is 5. The van der Waals surface area contributed by atoms with Crippen LogP contribution < -0.4 is 10.6 Å². The Balaban J connectivity index is 1.56. The molecule has 9 heteroatoms. The molecule has 31 heavy (non-hydrogen) atoms. The van der Waals surface area contributed by atoms with Crippen molar-refractivity contribution < 1.29 is 10.2 Å². The maximum atomic E-state index is 9.37. The Bertz CT molecular complexity index is 1130. The largest absolute Gasteiger partial charge is 0.394 e. The van der Waals surface area contributed by atoms with Crippen molar-refractivity contribution in [2.45, 2.75) is 25.9 Å². The minimum absolute atomic E-state index is 0.226. The molecule has 0 spiro atoms. The number of anilines is 2. The summed E-state index contributed by atoms with van der Waals surface area (Å²) in [5, 5.41) is 29.4. The topological polar surface area (TPSA) is 120 Å². The monoisotopic (exact) mass is 419 g/mol. The lowest BCUT2D eigenvalue weighted by Crippen LogP contribution is -2.29. The predicted molar refractivity (Wildman–Crippen MR) is 119 cm³/mol. The second-order valence-electron chi connectivity index (χ2n) is 7.10. The van der Waals surface area contributed by atoms with Gasteiger partial charge < -0.3 is 20.8 Å². The van der Waals surface area contributed by atoms with E-state index in [2.05, 4.69) is 30.7 Å². The lowest BCUT2D eigenvalue weighted by molar-refractivity contribution is 0.203. The number of hydrogen-bond donors (Lipinski definition) is 4. The third-order valence-corrected chi connectivity index (χ3v) is 4.96. The fourth-order valence-corrected chi connectivity index (χ4v) is 3.19.